The lowest BCUT2D eigenvalue weighted by Crippen LogP contribution is -2.12. The van der Waals surface area contributed by atoms with E-state index in [9.17, 15) is 0 Å². The van der Waals surface area contributed by atoms with Gasteiger partial charge in [-0.2, -0.15) is 0 Å². The SMILES string of the molecule is Cc1ccccc1.Cc1ccccc1-c1c(C)cccc1N(c1ccc(-c2ccccc2)cc1)c1ccc(-c2cccc(-c3ccc(Br)cc3)c2)cc1.SS. The second kappa shape index (κ2) is 19.4. The Hall–Kier alpha value is -5.26. The van der Waals surface area contributed by atoms with Gasteiger partial charge < -0.3 is 4.90 Å². The first-order valence-electron chi connectivity index (χ1n) is 18.2. The van der Waals surface area contributed by atoms with Gasteiger partial charge in [-0.1, -0.05) is 173 Å². The number of anilines is 3. The third-order valence-corrected chi connectivity index (χ3v) is 10.1. The lowest BCUT2D eigenvalue weighted by molar-refractivity contribution is 1.27. The van der Waals surface area contributed by atoms with Crippen LogP contribution in [0.1, 0.15) is 16.7 Å². The molecule has 4 heteroatoms. The Balaban J connectivity index is 0.000000509. The van der Waals surface area contributed by atoms with Gasteiger partial charge >= 0.3 is 0 Å². The van der Waals surface area contributed by atoms with E-state index in [0.29, 0.717) is 0 Å². The molecule has 0 aliphatic heterocycles. The molecular weight excluding hydrogens is 771 g/mol. The Labute approximate surface area is 345 Å². The van der Waals surface area contributed by atoms with Crippen LogP contribution in [0.2, 0.25) is 0 Å². The minimum atomic E-state index is 1.08. The van der Waals surface area contributed by atoms with Crippen molar-refractivity contribution in [1.82, 2.24) is 0 Å². The fourth-order valence-electron chi connectivity index (χ4n) is 6.76. The highest BCUT2D eigenvalue weighted by Crippen LogP contribution is 2.44. The van der Waals surface area contributed by atoms with Gasteiger partial charge in [0, 0.05) is 21.4 Å². The van der Waals surface area contributed by atoms with E-state index in [0.717, 1.165) is 21.5 Å². The average Bonchev–Trinajstić information content (AvgIpc) is 3.24. The van der Waals surface area contributed by atoms with Crippen molar-refractivity contribution in [3.63, 3.8) is 0 Å². The van der Waals surface area contributed by atoms with Crippen LogP contribution in [0.15, 0.2) is 205 Å². The van der Waals surface area contributed by atoms with Crippen LogP contribution in [-0.4, -0.2) is 0 Å². The molecule has 0 N–H and O–H groups in total. The predicted molar refractivity (Wildman–Crippen MR) is 249 cm³/mol. The number of hydrogen-bond acceptors (Lipinski definition) is 3. The standard InChI is InChI=1S/C44H34BrN.C7H8.H2S2/c1-31-10-6-7-16-42(31)44-32(2)11-8-17-43(44)46(40-26-20-34(21-27-40)33-12-4-3-5-13-33)41-28-22-36(23-29-41)38-15-9-14-37(30-38)35-18-24-39(45)25-19-35;1-7-5-3-2-4-6-7;1-2/h3-30H,1-2H3;2-6H,1H3;1-2H. The molecule has 8 aromatic rings. The summed E-state index contributed by atoms with van der Waals surface area (Å²) in [7, 11) is 0. The van der Waals surface area contributed by atoms with Gasteiger partial charge in [0.1, 0.15) is 0 Å². The van der Waals surface area contributed by atoms with Crippen molar-refractivity contribution in [3.8, 4) is 44.5 Å². The van der Waals surface area contributed by atoms with Crippen molar-refractivity contribution >= 4 is 56.3 Å². The molecule has 0 atom stereocenters. The third kappa shape index (κ3) is 9.89. The number of thiol groups is 2. The molecule has 0 amide bonds. The number of aryl methyl sites for hydroxylation is 3. The highest BCUT2D eigenvalue weighted by Gasteiger charge is 2.20. The zero-order valence-electron chi connectivity index (χ0n) is 31.3. The van der Waals surface area contributed by atoms with Crippen LogP contribution in [0.5, 0.6) is 0 Å². The average molecular weight is 815 g/mol. The van der Waals surface area contributed by atoms with Crippen LogP contribution in [-0.2, 0) is 0 Å². The first-order chi connectivity index (χ1) is 26.9. The number of benzene rings is 8. The normalized spacial score (nSPS) is 10.4. The molecule has 0 unspecified atom stereocenters. The molecule has 272 valence electrons. The summed E-state index contributed by atoms with van der Waals surface area (Å²) in [5.74, 6) is 0. The summed E-state index contributed by atoms with van der Waals surface area (Å²) in [5, 5.41) is 0. The first kappa shape index (κ1) is 39.4. The molecule has 0 spiro atoms. The van der Waals surface area contributed by atoms with Crippen LogP contribution in [0, 0.1) is 20.8 Å². The number of rotatable bonds is 7. The topological polar surface area (TPSA) is 3.24 Å². The van der Waals surface area contributed by atoms with E-state index in [-0.39, 0.29) is 0 Å². The van der Waals surface area contributed by atoms with E-state index in [1.807, 2.05) is 18.2 Å². The van der Waals surface area contributed by atoms with Gasteiger partial charge in [-0.25, -0.2) is 0 Å². The maximum Gasteiger partial charge on any atom is 0.0542 e. The number of halogens is 1. The maximum atomic E-state index is 3.56. The van der Waals surface area contributed by atoms with Crippen LogP contribution < -0.4 is 4.90 Å². The molecule has 8 rings (SSSR count). The van der Waals surface area contributed by atoms with Crippen molar-refractivity contribution in [3.05, 3.63) is 221 Å². The summed E-state index contributed by atoms with van der Waals surface area (Å²) < 4.78 is 1.08. The van der Waals surface area contributed by atoms with Gasteiger partial charge in [0.2, 0.25) is 0 Å². The molecule has 0 aliphatic carbocycles. The second-order valence-electron chi connectivity index (χ2n) is 13.3. The highest BCUT2D eigenvalue weighted by molar-refractivity contribution is 9.10. The lowest BCUT2D eigenvalue weighted by Gasteiger charge is -2.29. The van der Waals surface area contributed by atoms with Crippen molar-refractivity contribution in [2.45, 2.75) is 20.8 Å². The maximum absolute atomic E-state index is 3.56. The molecule has 0 aliphatic rings. The van der Waals surface area contributed by atoms with Crippen LogP contribution in [0.25, 0.3) is 44.5 Å². The zero-order valence-corrected chi connectivity index (χ0v) is 34.6. The minimum Gasteiger partial charge on any atom is -0.310 e. The van der Waals surface area contributed by atoms with Crippen LogP contribution >= 0.6 is 39.3 Å². The highest BCUT2D eigenvalue weighted by atomic mass is 79.9. The molecule has 0 saturated heterocycles. The van der Waals surface area contributed by atoms with E-state index in [1.54, 1.807) is 0 Å². The van der Waals surface area contributed by atoms with Crippen molar-refractivity contribution in [2.24, 2.45) is 0 Å². The molecule has 0 heterocycles. The predicted octanol–water partition coefficient (Wildman–Crippen LogP) is 16.0. The van der Waals surface area contributed by atoms with Gasteiger partial charge in [0.05, 0.1) is 5.69 Å². The summed E-state index contributed by atoms with van der Waals surface area (Å²) in [6.07, 6.45) is 0. The fourth-order valence-corrected chi connectivity index (χ4v) is 7.03. The summed E-state index contributed by atoms with van der Waals surface area (Å²) >= 11 is 10.0. The Morgan fingerprint density at radius 2 is 0.800 bits per heavy atom. The van der Waals surface area contributed by atoms with Crippen molar-refractivity contribution < 1.29 is 0 Å². The molecule has 55 heavy (non-hydrogen) atoms. The van der Waals surface area contributed by atoms with Gasteiger partial charge in [-0.15, -0.1) is 23.3 Å². The van der Waals surface area contributed by atoms with E-state index in [4.69, 9.17) is 0 Å². The van der Waals surface area contributed by atoms with E-state index >= 15 is 0 Å². The minimum absolute atomic E-state index is 1.08. The third-order valence-electron chi connectivity index (χ3n) is 9.58. The Morgan fingerprint density at radius 3 is 1.33 bits per heavy atom. The first-order valence-corrected chi connectivity index (χ1v) is 20.6. The van der Waals surface area contributed by atoms with Crippen LogP contribution in [0.4, 0.5) is 17.1 Å². The Morgan fingerprint density at radius 1 is 0.382 bits per heavy atom. The quantitative estimate of drug-likeness (QED) is 0.120. The van der Waals surface area contributed by atoms with E-state index in [2.05, 4.69) is 247 Å². The van der Waals surface area contributed by atoms with Crippen molar-refractivity contribution in [2.75, 3.05) is 4.90 Å². The molecule has 0 saturated carbocycles. The summed E-state index contributed by atoms with van der Waals surface area (Å²) in [6.45, 7) is 6.49. The Bertz CT molecular complexity index is 2410. The smallest absolute Gasteiger partial charge is 0.0542 e. The van der Waals surface area contributed by atoms with E-state index < -0.39 is 0 Å². The largest absolute Gasteiger partial charge is 0.310 e. The molecule has 0 radical (unpaired) electrons. The molecule has 0 fully saturated rings. The van der Waals surface area contributed by atoms with Crippen molar-refractivity contribution in [1.29, 1.82) is 0 Å². The molecule has 1 nitrogen and oxygen atoms in total. The fraction of sp³-hybridized carbons (Fsp3) is 0.0588. The Kier molecular flexibility index (Phi) is 13.9. The van der Waals surface area contributed by atoms with E-state index in [1.165, 1.54) is 61.2 Å². The van der Waals surface area contributed by atoms with Gasteiger partial charge in [-0.3, -0.25) is 0 Å². The summed E-state index contributed by atoms with van der Waals surface area (Å²) in [4.78, 5) is 2.39. The monoisotopic (exact) mass is 813 g/mol. The summed E-state index contributed by atoms with van der Waals surface area (Å²) in [5.41, 5.74) is 16.9. The summed E-state index contributed by atoms with van der Waals surface area (Å²) in [6, 6.07) is 71.3. The van der Waals surface area contributed by atoms with Crippen LogP contribution in [0.3, 0.4) is 0 Å². The number of nitrogens with zero attached hydrogens (tertiary/aromatic N) is 1. The van der Waals surface area contributed by atoms with Gasteiger partial charge in [0.15, 0.2) is 0 Å². The molecule has 8 aromatic carbocycles. The second-order valence-corrected chi connectivity index (χ2v) is 14.2. The molecule has 0 aromatic heterocycles. The zero-order chi connectivity index (χ0) is 38.6. The lowest BCUT2D eigenvalue weighted by atomic mass is 9.93. The van der Waals surface area contributed by atoms with Gasteiger partial charge in [-0.05, 0) is 119 Å². The molecular formula is C51H44BrNS2. The molecule has 0 bridgehead atoms. The number of hydrogen-bond donors (Lipinski definition) is 2. The van der Waals surface area contributed by atoms with Gasteiger partial charge in [0.25, 0.3) is 0 Å².